The molecule has 10 heteroatoms. The molecule has 0 N–H and O–H groups in total. The second-order valence-electron chi connectivity index (χ2n) is 11.2. The van der Waals surface area contributed by atoms with Crippen molar-refractivity contribution in [1.82, 2.24) is 4.90 Å². The summed E-state index contributed by atoms with van der Waals surface area (Å²) in [5.74, 6) is 0.426. The van der Waals surface area contributed by atoms with Crippen molar-refractivity contribution in [3.63, 3.8) is 0 Å². The summed E-state index contributed by atoms with van der Waals surface area (Å²) < 4.78 is 23.4. The normalized spacial score (nSPS) is 18.3. The number of benzene rings is 3. The van der Waals surface area contributed by atoms with Crippen molar-refractivity contribution in [2.24, 2.45) is 4.99 Å². The number of carbonyl (C=O) groups excluding carboxylic acids is 2. The molecular formula is C33H36Cl2N2O6. The number of methoxy groups -OCH3 is 1. The molecule has 3 aromatic carbocycles. The van der Waals surface area contributed by atoms with Gasteiger partial charge in [0, 0.05) is 16.1 Å². The van der Waals surface area contributed by atoms with Gasteiger partial charge in [-0.25, -0.2) is 14.5 Å². The van der Waals surface area contributed by atoms with Crippen LogP contribution < -0.4 is 9.47 Å². The van der Waals surface area contributed by atoms with E-state index in [1.165, 1.54) is 4.90 Å². The van der Waals surface area contributed by atoms with E-state index in [-0.39, 0.29) is 18.5 Å². The van der Waals surface area contributed by atoms with Gasteiger partial charge in [-0.3, -0.25) is 4.99 Å². The van der Waals surface area contributed by atoms with Crippen molar-refractivity contribution in [3.8, 4) is 11.5 Å². The summed E-state index contributed by atoms with van der Waals surface area (Å²) in [6.45, 7) is 10.8. The number of ether oxygens (including phenoxy) is 4. The van der Waals surface area contributed by atoms with E-state index in [4.69, 9.17) is 47.1 Å². The van der Waals surface area contributed by atoms with Gasteiger partial charge in [-0.1, -0.05) is 47.5 Å². The average Bonchev–Trinajstić information content (AvgIpc) is 3.29. The number of amides is 1. The molecule has 0 unspecified atom stereocenters. The Morgan fingerprint density at radius 3 is 2.12 bits per heavy atom. The minimum Gasteiger partial charge on any atom is -0.497 e. The molecule has 0 aromatic heterocycles. The third-order valence-corrected chi connectivity index (χ3v) is 7.14. The highest BCUT2D eigenvalue weighted by Crippen LogP contribution is 2.51. The Bertz CT molecular complexity index is 1500. The van der Waals surface area contributed by atoms with Crippen LogP contribution in [0.3, 0.4) is 0 Å². The van der Waals surface area contributed by atoms with E-state index in [1.807, 2.05) is 13.8 Å². The lowest BCUT2D eigenvalue weighted by atomic mass is 9.79. The van der Waals surface area contributed by atoms with Crippen LogP contribution in [0, 0.1) is 0 Å². The zero-order chi connectivity index (χ0) is 31.5. The Morgan fingerprint density at radius 2 is 1.58 bits per heavy atom. The third kappa shape index (κ3) is 6.60. The molecule has 1 aliphatic heterocycles. The summed E-state index contributed by atoms with van der Waals surface area (Å²) in [6.07, 6.45) is -1.02. The van der Waals surface area contributed by atoms with E-state index < -0.39 is 29.2 Å². The molecule has 0 aliphatic carbocycles. The van der Waals surface area contributed by atoms with E-state index in [1.54, 1.807) is 102 Å². The van der Waals surface area contributed by atoms with E-state index in [0.29, 0.717) is 38.2 Å². The monoisotopic (exact) mass is 626 g/mol. The van der Waals surface area contributed by atoms with Crippen LogP contribution in [-0.2, 0) is 19.8 Å². The van der Waals surface area contributed by atoms with Crippen molar-refractivity contribution in [2.75, 3.05) is 13.7 Å². The Labute approximate surface area is 262 Å². The number of esters is 1. The van der Waals surface area contributed by atoms with Gasteiger partial charge in [-0.05, 0) is 89.1 Å². The van der Waals surface area contributed by atoms with Crippen LogP contribution in [0.5, 0.6) is 11.5 Å². The molecule has 1 amide bonds. The highest BCUT2D eigenvalue weighted by molar-refractivity contribution is 6.30. The molecule has 0 fully saturated rings. The zero-order valence-corrected chi connectivity index (χ0v) is 26.8. The molecule has 0 spiro atoms. The van der Waals surface area contributed by atoms with Crippen LogP contribution >= 0.6 is 23.2 Å². The van der Waals surface area contributed by atoms with Crippen LogP contribution in [0.15, 0.2) is 71.7 Å². The maximum atomic E-state index is 14.5. The van der Waals surface area contributed by atoms with Gasteiger partial charge in [-0.2, -0.15) is 0 Å². The van der Waals surface area contributed by atoms with Gasteiger partial charge in [0.15, 0.2) is 0 Å². The first-order chi connectivity index (χ1) is 20.3. The molecule has 0 radical (unpaired) electrons. The maximum Gasteiger partial charge on any atom is 0.417 e. The topological polar surface area (TPSA) is 86.7 Å². The largest absolute Gasteiger partial charge is 0.497 e. The number of hydrogen-bond donors (Lipinski definition) is 0. The van der Waals surface area contributed by atoms with Crippen molar-refractivity contribution in [1.29, 1.82) is 0 Å². The lowest BCUT2D eigenvalue weighted by molar-refractivity contribution is -0.156. The first kappa shape index (κ1) is 32.2. The number of rotatable bonds is 8. The highest BCUT2D eigenvalue weighted by Gasteiger charge is 2.62. The van der Waals surface area contributed by atoms with Crippen molar-refractivity contribution in [3.05, 3.63) is 93.5 Å². The first-order valence-corrected chi connectivity index (χ1v) is 14.7. The van der Waals surface area contributed by atoms with Gasteiger partial charge in [0.25, 0.3) is 0 Å². The molecule has 228 valence electrons. The average molecular weight is 628 g/mol. The minimum atomic E-state index is -1.83. The van der Waals surface area contributed by atoms with Gasteiger partial charge in [-0.15, -0.1) is 0 Å². The Hall–Kier alpha value is -3.75. The molecule has 2 atom stereocenters. The van der Waals surface area contributed by atoms with Crippen molar-refractivity contribution >= 4 is 41.1 Å². The SMILES string of the molecule is CCOC(=O)[C@@]1(c2ccc(Cl)cc2)[C@H](c2ccc(Cl)cc2)N=C(c2ccc(OC)cc2OC(C)C)N1C(=O)OC(C)(C)C. The van der Waals surface area contributed by atoms with Crippen LogP contribution in [0.25, 0.3) is 0 Å². The zero-order valence-electron chi connectivity index (χ0n) is 25.3. The number of hydrogen-bond acceptors (Lipinski definition) is 7. The number of nitrogens with zero attached hydrogens (tertiary/aromatic N) is 2. The molecular weight excluding hydrogens is 591 g/mol. The minimum absolute atomic E-state index is 0.0588. The fourth-order valence-corrected chi connectivity index (χ4v) is 5.22. The van der Waals surface area contributed by atoms with Gasteiger partial charge in [0.1, 0.15) is 29.0 Å². The highest BCUT2D eigenvalue weighted by atomic mass is 35.5. The van der Waals surface area contributed by atoms with Crippen molar-refractivity contribution in [2.45, 2.75) is 64.8 Å². The van der Waals surface area contributed by atoms with Crippen LogP contribution in [0.1, 0.15) is 64.3 Å². The molecule has 1 aliphatic rings. The van der Waals surface area contributed by atoms with E-state index in [9.17, 15) is 9.59 Å². The summed E-state index contributed by atoms with van der Waals surface area (Å²) >= 11 is 12.5. The Morgan fingerprint density at radius 1 is 0.977 bits per heavy atom. The van der Waals surface area contributed by atoms with Crippen LogP contribution in [0.2, 0.25) is 10.0 Å². The predicted molar refractivity (Wildman–Crippen MR) is 167 cm³/mol. The molecule has 4 rings (SSSR count). The third-order valence-electron chi connectivity index (χ3n) is 6.64. The second-order valence-corrected chi connectivity index (χ2v) is 12.1. The van der Waals surface area contributed by atoms with E-state index in [2.05, 4.69) is 0 Å². The number of amidine groups is 1. The Balaban J connectivity index is 2.13. The van der Waals surface area contributed by atoms with Crippen LogP contribution in [0.4, 0.5) is 4.79 Å². The summed E-state index contributed by atoms with van der Waals surface area (Å²) in [7, 11) is 1.55. The molecule has 43 heavy (non-hydrogen) atoms. The van der Waals surface area contributed by atoms with Crippen molar-refractivity contribution < 1.29 is 28.5 Å². The summed E-state index contributed by atoms with van der Waals surface area (Å²) in [5.41, 5.74) is -1.23. The number of halogens is 2. The second kappa shape index (κ2) is 12.9. The Kier molecular flexibility index (Phi) is 9.62. The lowest BCUT2D eigenvalue weighted by Crippen LogP contribution is -2.57. The summed E-state index contributed by atoms with van der Waals surface area (Å²) in [6, 6.07) is 17.9. The van der Waals surface area contributed by atoms with Gasteiger partial charge >= 0.3 is 12.1 Å². The molecule has 8 nitrogen and oxygen atoms in total. The van der Waals surface area contributed by atoms with Gasteiger partial charge in [0.05, 0.1) is 25.4 Å². The first-order valence-electron chi connectivity index (χ1n) is 14.0. The van der Waals surface area contributed by atoms with Gasteiger partial charge < -0.3 is 18.9 Å². The van der Waals surface area contributed by atoms with Gasteiger partial charge in [0.2, 0.25) is 5.54 Å². The van der Waals surface area contributed by atoms with E-state index in [0.717, 1.165) is 0 Å². The maximum absolute atomic E-state index is 14.5. The molecule has 0 saturated carbocycles. The molecule has 1 heterocycles. The van der Waals surface area contributed by atoms with E-state index >= 15 is 0 Å². The molecule has 0 saturated heterocycles. The fraction of sp³-hybridized carbons (Fsp3) is 0.364. The smallest absolute Gasteiger partial charge is 0.417 e. The van der Waals surface area contributed by atoms with Crippen LogP contribution in [-0.4, -0.2) is 48.2 Å². The molecule has 0 bridgehead atoms. The lowest BCUT2D eigenvalue weighted by Gasteiger charge is -2.40. The number of carbonyl (C=O) groups is 2. The fourth-order valence-electron chi connectivity index (χ4n) is 4.97. The standard InChI is InChI=1S/C33H36Cl2N2O6/c1-8-41-30(38)33(22-11-15-24(35)16-12-22)28(21-9-13-23(34)14-10-21)36-29(37(33)31(39)43-32(4,5)6)26-18-17-25(40-7)19-27(26)42-20(2)3/h9-20,28H,8H2,1-7H3/t28-,33+/m0/s1. The number of aliphatic imine (C=N–C) groups is 1. The quantitative estimate of drug-likeness (QED) is 0.236. The summed E-state index contributed by atoms with van der Waals surface area (Å²) in [5, 5.41) is 0.961. The molecule has 3 aromatic rings. The predicted octanol–water partition coefficient (Wildman–Crippen LogP) is 7.99. The summed E-state index contributed by atoms with van der Waals surface area (Å²) in [4.78, 5) is 35.3.